The smallest absolute Gasteiger partial charge is 0.153 e. The molecule has 0 spiro atoms. The average molecular weight is 244 g/mol. The Bertz CT molecular complexity index is 569. The number of hydrogen-bond donors (Lipinski definition) is 1. The fourth-order valence-corrected chi connectivity index (χ4v) is 2.02. The minimum Gasteiger partial charge on any atom is -0.316 e. The molecule has 2 rings (SSSR count). The van der Waals surface area contributed by atoms with Gasteiger partial charge in [-0.25, -0.2) is 9.67 Å². The number of hydrogen-bond acceptors (Lipinski definition) is 3. The molecule has 0 aliphatic carbocycles. The molecule has 0 saturated heterocycles. The lowest BCUT2D eigenvalue weighted by molar-refractivity contribution is 0.777. The van der Waals surface area contributed by atoms with E-state index in [4.69, 9.17) is 0 Å². The summed E-state index contributed by atoms with van der Waals surface area (Å²) in [6.07, 6.45) is 0. The SMILES string of the molecule is CNCc1ccc(-n2nc(C)c(C)c2C)nc1C. The maximum Gasteiger partial charge on any atom is 0.153 e. The fraction of sp³-hybridized carbons (Fsp3) is 0.429. The summed E-state index contributed by atoms with van der Waals surface area (Å²) in [7, 11) is 1.94. The zero-order valence-corrected chi connectivity index (χ0v) is 11.7. The maximum atomic E-state index is 4.64. The number of rotatable bonds is 3. The van der Waals surface area contributed by atoms with Crippen molar-refractivity contribution in [2.45, 2.75) is 34.2 Å². The Morgan fingerprint density at radius 2 is 1.83 bits per heavy atom. The van der Waals surface area contributed by atoms with Crippen LogP contribution in [0.3, 0.4) is 0 Å². The third kappa shape index (κ3) is 2.16. The summed E-state index contributed by atoms with van der Waals surface area (Å²) in [6.45, 7) is 9.08. The van der Waals surface area contributed by atoms with E-state index in [0.717, 1.165) is 29.4 Å². The summed E-state index contributed by atoms with van der Waals surface area (Å²) >= 11 is 0. The Morgan fingerprint density at radius 3 is 2.33 bits per heavy atom. The fourth-order valence-electron chi connectivity index (χ4n) is 2.02. The summed E-state index contributed by atoms with van der Waals surface area (Å²) in [6, 6.07) is 4.14. The third-order valence-electron chi connectivity index (χ3n) is 3.42. The first-order valence-corrected chi connectivity index (χ1v) is 6.19. The lowest BCUT2D eigenvalue weighted by atomic mass is 10.2. The second kappa shape index (κ2) is 4.90. The highest BCUT2D eigenvalue weighted by Gasteiger charge is 2.10. The van der Waals surface area contributed by atoms with Gasteiger partial charge in [0.25, 0.3) is 0 Å². The highest BCUT2D eigenvalue weighted by atomic mass is 15.3. The zero-order valence-electron chi connectivity index (χ0n) is 11.7. The van der Waals surface area contributed by atoms with Crippen molar-refractivity contribution in [2.24, 2.45) is 0 Å². The van der Waals surface area contributed by atoms with E-state index in [1.54, 1.807) is 0 Å². The van der Waals surface area contributed by atoms with E-state index in [1.165, 1.54) is 11.1 Å². The third-order valence-corrected chi connectivity index (χ3v) is 3.42. The molecule has 2 aromatic rings. The van der Waals surface area contributed by atoms with Crippen LogP contribution < -0.4 is 5.32 Å². The van der Waals surface area contributed by atoms with Crippen LogP contribution in [0.4, 0.5) is 0 Å². The van der Waals surface area contributed by atoms with Crippen LogP contribution in [0.1, 0.15) is 28.2 Å². The van der Waals surface area contributed by atoms with Crippen molar-refractivity contribution in [3.8, 4) is 5.82 Å². The lowest BCUT2D eigenvalue weighted by Gasteiger charge is -2.08. The highest BCUT2D eigenvalue weighted by Crippen LogP contribution is 2.16. The molecule has 2 aromatic heterocycles. The minimum atomic E-state index is 0.843. The molecule has 0 amide bonds. The predicted octanol–water partition coefficient (Wildman–Crippen LogP) is 2.22. The molecule has 0 fully saturated rings. The van der Waals surface area contributed by atoms with Crippen LogP contribution in [0.5, 0.6) is 0 Å². The molecule has 0 unspecified atom stereocenters. The summed E-state index contributed by atoms with van der Waals surface area (Å²) in [5.74, 6) is 0.890. The van der Waals surface area contributed by atoms with Gasteiger partial charge in [-0.2, -0.15) is 5.10 Å². The van der Waals surface area contributed by atoms with Crippen LogP contribution in [0, 0.1) is 27.7 Å². The maximum absolute atomic E-state index is 4.64. The monoisotopic (exact) mass is 244 g/mol. The van der Waals surface area contributed by atoms with E-state index < -0.39 is 0 Å². The minimum absolute atomic E-state index is 0.843. The summed E-state index contributed by atoms with van der Waals surface area (Å²) in [4.78, 5) is 4.64. The first kappa shape index (κ1) is 12.8. The topological polar surface area (TPSA) is 42.7 Å². The van der Waals surface area contributed by atoms with Crippen molar-refractivity contribution in [1.29, 1.82) is 0 Å². The van der Waals surface area contributed by atoms with Gasteiger partial charge >= 0.3 is 0 Å². The van der Waals surface area contributed by atoms with Gasteiger partial charge in [0, 0.05) is 17.9 Å². The van der Waals surface area contributed by atoms with E-state index >= 15 is 0 Å². The van der Waals surface area contributed by atoms with Crippen LogP contribution >= 0.6 is 0 Å². The van der Waals surface area contributed by atoms with Gasteiger partial charge in [0.1, 0.15) is 0 Å². The quantitative estimate of drug-likeness (QED) is 0.900. The molecule has 0 bridgehead atoms. The summed E-state index contributed by atoms with van der Waals surface area (Å²) < 4.78 is 1.92. The Hall–Kier alpha value is -1.68. The van der Waals surface area contributed by atoms with Crippen LogP contribution in [0.2, 0.25) is 0 Å². The zero-order chi connectivity index (χ0) is 13.3. The first-order chi connectivity index (χ1) is 8.54. The molecule has 2 heterocycles. The van der Waals surface area contributed by atoms with Crippen LogP contribution in [-0.4, -0.2) is 21.8 Å². The van der Waals surface area contributed by atoms with Gasteiger partial charge in [-0.15, -0.1) is 0 Å². The molecule has 4 heteroatoms. The first-order valence-electron chi connectivity index (χ1n) is 6.19. The van der Waals surface area contributed by atoms with Gasteiger partial charge < -0.3 is 5.32 Å². The molecule has 0 saturated carbocycles. The molecule has 0 radical (unpaired) electrons. The predicted molar refractivity (Wildman–Crippen MR) is 73.1 cm³/mol. The number of aryl methyl sites for hydroxylation is 2. The van der Waals surface area contributed by atoms with E-state index in [1.807, 2.05) is 31.6 Å². The summed E-state index contributed by atoms with van der Waals surface area (Å²) in [5.41, 5.74) is 5.72. The Kier molecular flexibility index (Phi) is 3.48. The highest BCUT2D eigenvalue weighted by molar-refractivity contribution is 5.34. The molecule has 96 valence electrons. The second-order valence-electron chi connectivity index (χ2n) is 4.65. The van der Waals surface area contributed by atoms with Gasteiger partial charge in [0.05, 0.1) is 5.69 Å². The largest absolute Gasteiger partial charge is 0.316 e. The number of pyridine rings is 1. The van der Waals surface area contributed by atoms with Gasteiger partial charge in [-0.1, -0.05) is 6.07 Å². The van der Waals surface area contributed by atoms with Crippen molar-refractivity contribution in [1.82, 2.24) is 20.1 Å². The van der Waals surface area contributed by atoms with E-state index in [9.17, 15) is 0 Å². The van der Waals surface area contributed by atoms with Crippen molar-refractivity contribution in [2.75, 3.05) is 7.05 Å². The Labute approximate surface area is 108 Å². The van der Waals surface area contributed by atoms with Crippen LogP contribution in [0.15, 0.2) is 12.1 Å². The Morgan fingerprint density at radius 1 is 1.11 bits per heavy atom. The molecule has 0 atom stereocenters. The van der Waals surface area contributed by atoms with Gasteiger partial charge in [0.15, 0.2) is 5.82 Å². The standard InChI is InChI=1S/C14H20N4/c1-9-10(2)17-18(12(9)4)14-7-6-13(8-15-5)11(3)16-14/h6-7,15H,8H2,1-5H3. The number of nitrogens with zero attached hydrogens (tertiary/aromatic N) is 3. The van der Waals surface area contributed by atoms with Gasteiger partial charge in [-0.3, -0.25) is 0 Å². The molecule has 18 heavy (non-hydrogen) atoms. The van der Waals surface area contributed by atoms with Crippen molar-refractivity contribution < 1.29 is 0 Å². The van der Waals surface area contributed by atoms with Crippen LogP contribution in [-0.2, 0) is 6.54 Å². The van der Waals surface area contributed by atoms with E-state index in [0.29, 0.717) is 0 Å². The molecule has 0 aromatic carbocycles. The number of aromatic nitrogens is 3. The normalized spacial score (nSPS) is 10.9. The lowest BCUT2D eigenvalue weighted by Crippen LogP contribution is -2.09. The molecule has 0 aliphatic heterocycles. The molecular weight excluding hydrogens is 224 g/mol. The van der Waals surface area contributed by atoms with E-state index in [2.05, 4.69) is 35.3 Å². The molecular formula is C14H20N4. The Balaban J connectivity index is 2.45. The molecule has 4 nitrogen and oxygen atoms in total. The van der Waals surface area contributed by atoms with Gasteiger partial charge in [-0.05, 0) is 51.9 Å². The molecule has 1 N–H and O–H groups in total. The van der Waals surface area contributed by atoms with Gasteiger partial charge in [0.2, 0.25) is 0 Å². The summed E-state index contributed by atoms with van der Waals surface area (Å²) in [5, 5.41) is 7.68. The average Bonchev–Trinajstić information content (AvgIpc) is 2.60. The van der Waals surface area contributed by atoms with E-state index in [-0.39, 0.29) is 0 Å². The molecule has 0 aliphatic rings. The second-order valence-corrected chi connectivity index (χ2v) is 4.65. The van der Waals surface area contributed by atoms with Crippen molar-refractivity contribution >= 4 is 0 Å². The van der Waals surface area contributed by atoms with Crippen molar-refractivity contribution in [3.05, 3.63) is 40.3 Å². The van der Waals surface area contributed by atoms with Crippen molar-refractivity contribution in [3.63, 3.8) is 0 Å². The van der Waals surface area contributed by atoms with Crippen LogP contribution in [0.25, 0.3) is 5.82 Å². The number of nitrogens with one attached hydrogen (secondary N) is 1.